The summed E-state index contributed by atoms with van der Waals surface area (Å²) in [6.07, 6.45) is 1.11. The number of likely N-dealkylation sites (N-methyl/N-ethyl adjacent to an activating group) is 1. The number of hydrogen-bond donors (Lipinski definition) is 1. The quantitative estimate of drug-likeness (QED) is 0.337. The first kappa shape index (κ1) is 30.4. The van der Waals surface area contributed by atoms with Crippen LogP contribution in [0.4, 0.5) is 10.1 Å². The third-order valence-electron chi connectivity index (χ3n) is 6.26. The van der Waals surface area contributed by atoms with E-state index in [4.69, 9.17) is 9.47 Å². The Kier molecular flexibility index (Phi) is 10.5. The number of sulfonamides is 1. The molecule has 0 heterocycles. The van der Waals surface area contributed by atoms with Gasteiger partial charge in [0.2, 0.25) is 21.8 Å². The Morgan fingerprint density at radius 3 is 2.25 bits per heavy atom. The van der Waals surface area contributed by atoms with Crippen LogP contribution in [0.1, 0.15) is 18.1 Å². The van der Waals surface area contributed by atoms with Gasteiger partial charge in [0, 0.05) is 31.1 Å². The minimum atomic E-state index is -4.00. The molecule has 0 aliphatic rings. The molecule has 2 amide bonds. The van der Waals surface area contributed by atoms with Gasteiger partial charge in [-0.2, -0.15) is 0 Å². The van der Waals surface area contributed by atoms with Gasteiger partial charge >= 0.3 is 0 Å². The molecule has 0 spiro atoms. The molecule has 0 bridgehead atoms. The lowest BCUT2D eigenvalue weighted by Crippen LogP contribution is -2.53. The maximum absolute atomic E-state index is 14.8. The molecule has 3 aromatic carbocycles. The number of anilines is 1. The number of halogens is 1. The summed E-state index contributed by atoms with van der Waals surface area (Å²) in [6, 6.07) is 18.5. The average molecular weight is 572 g/mol. The number of methoxy groups -OCH3 is 2. The number of benzene rings is 3. The Morgan fingerprint density at radius 1 is 0.975 bits per heavy atom. The summed E-state index contributed by atoms with van der Waals surface area (Å²) < 4.78 is 52.2. The maximum Gasteiger partial charge on any atom is 0.244 e. The lowest BCUT2D eigenvalue weighted by atomic mass is 10.0. The Morgan fingerprint density at radius 2 is 1.65 bits per heavy atom. The van der Waals surface area contributed by atoms with Gasteiger partial charge < -0.3 is 19.7 Å². The molecular weight excluding hydrogens is 537 g/mol. The fourth-order valence-electron chi connectivity index (χ4n) is 4.24. The van der Waals surface area contributed by atoms with Crippen LogP contribution in [0, 0.1) is 5.82 Å². The Balaban J connectivity index is 2.09. The van der Waals surface area contributed by atoms with Crippen molar-refractivity contribution < 1.29 is 31.9 Å². The number of carbonyl (C=O) groups excluding carboxylic acids is 2. The third kappa shape index (κ3) is 7.72. The minimum Gasteiger partial charge on any atom is -0.497 e. The second kappa shape index (κ2) is 13.8. The molecule has 0 aliphatic heterocycles. The normalized spacial score (nSPS) is 11.8. The van der Waals surface area contributed by atoms with Crippen molar-refractivity contribution in [1.82, 2.24) is 10.2 Å². The number of hydrogen-bond acceptors (Lipinski definition) is 6. The summed E-state index contributed by atoms with van der Waals surface area (Å²) in [7, 11) is -1.17. The van der Waals surface area contributed by atoms with Crippen LogP contribution in [0.5, 0.6) is 11.5 Å². The first-order valence-corrected chi connectivity index (χ1v) is 14.5. The maximum atomic E-state index is 14.8. The second-order valence-electron chi connectivity index (χ2n) is 9.02. The van der Waals surface area contributed by atoms with Gasteiger partial charge in [0.05, 0.1) is 26.2 Å². The molecule has 0 saturated heterocycles. The first-order valence-electron chi connectivity index (χ1n) is 12.6. The average Bonchev–Trinajstić information content (AvgIpc) is 2.94. The van der Waals surface area contributed by atoms with Crippen molar-refractivity contribution in [3.8, 4) is 11.5 Å². The molecule has 40 heavy (non-hydrogen) atoms. The summed E-state index contributed by atoms with van der Waals surface area (Å²) in [6.45, 7) is 1.16. The van der Waals surface area contributed by atoms with Crippen LogP contribution in [-0.2, 0) is 32.6 Å². The van der Waals surface area contributed by atoms with Crippen molar-refractivity contribution in [2.24, 2.45) is 0 Å². The molecule has 9 nitrogen and oxygen atoms in total. The number of rotatable bonds is 13. The predicted octanol–water partition coefficient (Wildman–Crippen LogP) is 3.39. The van der Waals surface area contributed by atoms with E-state index in [1.807, 2.05) is 30.3 Å². The van der Waals surface area contributed by atoms with Crippen LogP contribution in [0.25, 0.3) is 0 Å². The van der Waals surface area contributed by atoms with Crippen molar-refractivity contribution in [2.75, 3.05) is 37.9 Å². The third-order valence-corrected chi connectivity index (χ3v) is 7.38. The van der Waals surface area contributed by atoms with Crippen LogP contribution >= 0.6 is 0 Å². The van der Waals surface area contributed by atoms with E-state index in [0.29, 0.717) is 12.3 Å². The molecule has 11 heteroatoms. The zero-order valence-electron chi connectivity index (χ0n) is 23.0. The van der Waals surface area contributed by atoms with Gasteiger partial charge in [-0.05, 0) is 30.7 Å². The molecule has 0 radical (unpaired) electrons. The summed E-state index contributed by atoms with van der Waals surface area (Å²) in [5.74, 6) is -1.09. The van der Waals surface area contributed by atoms with Gasteiger partial charge in [-0.1, -0.05) is 48.5 Å². The zero-order chi connectivity index (χ0) is 29.3. The van der Waals surface area contributed by atoms with E-state index < -0.39 is 40.2 Å². The fourth-order valence-corrected chi connectivity index (χ4v) is 5.09. The van der Waals surface area contributed by atoms with E-state index in [1.54, 1.807) is 19.1 Å². The lowest BCUT2D eigenvalue weighted by Gasteiger charge is -2.33. The Labute approximate surface area is 234 Å². The van der Waals surface area contributed by atoms with Crippen molar-refractivity contribution in [1.29, 1.82) is 0 Å². The van der Waals surface area contributed by atoms with Gasteiger partial charge in [-0.15, -0.1) is 0 Å². The largest absolute Gasteiger partial charge is 0.497 e. The number of nitrogens with zero attached hydrogens (tertiary/aromatic N) is 2. The standard InChI is InChI=1S/C29H34FN3O6S/c1-5-31-29(35)26(17-21-11-7-6-8-12-21)32(19-22-13-9-10-14-24(22)30)28(34)20-33(40(4,36)37)25-16-15-23(38-2)18-27(25)39-3/h6-16,18,26H,5,17,19-20H2,1-4H3,(H,31,35)/t26-/m0/s1. The fraction of sp³-hybridized carbons (Fsp3) is 0.310. The monoisotopic (exact) mass is 571 g/mol. The van der Waals surface area contributed by atoms with E-state index in [0.717, 1.165) is 16.1 Å². The van der Waals surface area contributed by atoms with Crippen molar-refractivity contribution in [2.45, 2.75) is 25.9 Å². The van der Waals surface area contributed by atoms with E-state index >= 15 is 0 Å². The summed E-state index contributed by atoms with van der Waals surface area (Å²) >= 11 is 0. The van der Waals surface area contributed by atoms with Gasteiger partial charge in [-0.3, -0.25) is 13.9 Å². The van der Waals surface area contributed by atoms with Crippen molar-refractivity contribution in [3.05, 3.63) is 89.7 Å². The SMILES string of the molecule is CCNC(=O)[C@H](Cc1ccccc1)N(Cc1ccccc1F)C(=O)CN(c1ccc(OC)cc1OC)S(C)(=O)=O. The van der Waals surface area contributed by atoms with Gasteiger partial charge in [0.25, 0.3) is 0 Å². The molecule has 0 unspecified atom stereocenters. The number of nitrogens with one attached hydrogen (secondary N) is 1. The highest BCUT2D eigenvalue weighted by Crippen LogP contribution is 2.34. The molecule has 1 N–H and O–H groups in total. The Bertz CT molecular complexity index is 1420. The molecule has 0 aromatic heterocycles. The number of amides is 2. The van der Waals surface area contributed by atoms with Crippen LogP contribution in [0.3, 0.4) is 0 Å². The minimum absolute atomic E-state index is 0.114. The molecule has 1 atom stereocenters. The van der Waals surface area contributed by atoms with Gasteiger partial charge in [0.15, 0.2) is 0 Å². The van der Waals surface area contributed by atoms with E-state index in [9.17, 15) is 22.4 Å². The summed E-state index contributed by atoms with van der Waals surface area (Å²) in [5.41, 5.74) is 1.08. The van der Waals surface area contributed by atoms with Crippen molar-refractivity contribution >= 4 is 27.5 Å². The number of carbonyl (C=O) groups is 2. The molecule has 0 fully saturated rings. The van der Waals surface area contributed by atoms with Crippen molar-refractivity contribution in [3.63, 3.8) is 0 Å². The van der Waals surface area contributed by atoms with Crippen LogP contribution in [-0.4, -0.2) is 64.7 Å². The summed E-state index contributed by atoms with van der Waals surface area (Å²) in [4.78, 5) is 28.6. The highest BCUT2D eigenvalue weighted by atomic mass is 32.2. The number of ether oxygens (including phenoxy) is 2. The highest BCUT2D eigenvalue weighted by molar-refractivity contribution is 7.92. The molecule has 0 aliphatic carbocycles. The molecule has 214 valence electrons. The lowest BCUT2D eigenvalue weighted by molar-refractivity contribution is -0.140. The molecule has 3 aromatic rings. The second-order valence-corrected chi connectivity index (χ2v) is 10.9. The molecule has 0 saturated carbocycles. The molecule has 3 rings (SSSR count). The highest BCUT2D eigenvalue weighted by Gasteiger charge is 2.34. The smallest absolute Gasteiger partial charge is 0.244 e. The topological polar surface area (TPSA) is 105 Å². The van der Waals surface area contributed by atoms with Gasteiger partial charge in [-0.25, -0.2) is 12.8 Å². The molecular formula is C29H34FN3O6S. The van der Waals surface area contributed by atoms with E-state index in [2.05, 4.69) is 5.32 Å². The van der Waals surface area contributed by atoms with Crippen LogP contribution in [0.2, 0.25) is 0 Å². The summed E-state index contributed by atoms with van der Waals surface area (Å²) in [5, 5.41) is 2.76. The first-order chi connectivity index (χ1) is 19.1. The zero-order valence-corrected chi connectivity index (χ0v) is 23.8. The van der Waals surface area contributed by atoms with Crippen LogP contribution < -0.4 is 19.1 Å². The van der Waals surface area contributed by atoms with E-state index in [-0.39, 0.29) is 30.0 Å². The predicted molar refractivity (Wildman–Crippen MR) is 151 cm³/mol. The van der Waals surface area contributed by atoms with Crippen LogP contribution in [0.15, 0.2) is 72.8 Å². The Hall–Kier alpha value is -4.12. The van der Waals surface area contributed by atoms with E-state index in [1.165, 1.54) is 49.5 Å². The van der Waals surface area contributed by atoms with Gasteiger partial charge in [0.1, 0.15) is 29.9 Å².